The van der Waals surface area contributed by atoms with Gasteiger partial charge in [-0.1, -0.05) is 31.5 Å². The van der Waals surface area contributed by atoms with E-state index in [1.54, 1.807) is 32.4 Å². The summed E-state index contributed by atoms with van der Waals surface area (Å²) in [6.45, 7) is 6.70. The van der Waals surface area contributed by atoms with E-state index in [1.807, 2.05) is 49.1 Å². The maximum absolute atomic E-state index is 14.0. The third kappa shape index (κ3) is 5.93. The van der Waals surface area contributed by atoms with E-state index in [0.29, 0.717) is 47.7 Å². The average Bonchev–Trinajstić information content (AvgIpc) is 2.95. The van der Waals surface area contributed by atoms with E-state index >= 15 is 0 Å². The molecule has 0 bridgehead atoms. The molecular formula is C30H41N3O4. The van der Waals surface area contributed by atoms with Crippen molar-refractivity contribution in [3.63, 3.8) is 0 Å². The van der Waals surface area contributed by atoms with Crippen molar-refractivity contribution in [1.82, 2.24) is 9.80 Å². The minimum Gasteiger partial charge on any atom is -0.497 e. The van der Waals surface area contributed by atoms with Crippen LogP contribution in [0.25, 0.3) is 0 Å². The highest BCUT2D eigenvalue weighted by atomic mass is 16.5. The Bertz CT molecular complexity index is 1050. The van der Waals surface area contributed by atoms with Crippen molar-refractivity contribution in [3.8, 4) is 11.5 Å². The molecule has 37 heavy (non-hydrogen) atoms. The minimum absolute atomic E-state index is 0.101. The summed E-state index contributed by atoms with van der Waals surface area (Å²) in [6.07, 6.45) is 6.33. The van der Waals surface area contributed by atoms with Crippen LogP contribution < -0.4 is 14.8 Å². The van der Waals surface area contributed by atoms with Crippen LogP contribution in [0.3, 0.4) is 0 Å². The summed E-state index contributed by atoms with van der Waals surface area (Å²) in [6, 6.07) is 15.1. The van der Waals surface area contributed by atoms with Gasteiger partial charge >= 0.3 is 0 Å². The zero-order valence-corrected chi connectivity index (χ0v) is 22.7. The molecule has 2 aromatic carbocycles. The van der Waals surface area contributed by atoms with Crippen LogP contribution in [0.1, 0.15) is 62.7 Å². The lowest BCUT2D eigenvalue weighted by Gasteiger charge is -2.48. The van der Waals surface area contributed by atoms with Gasteiger partial charge in [-0.05, 0) is 70.2 Å². The van der Waals surface area contributed by atoms with Gasteiger partial charge in [-0.3, -0.25) is 9.59 Å². The fraction of sp³-hybridized carbons (Fsp3) is 0.533. The number of nitrogens with one attached hydrogen (secondary N) is 1. The van der Waals surface area contributed by atoms with Crippen molar-refractivity contribution >= 4 is 17.5 Å². The second kappa shape index (κ2) is 12.0. The van der Waals surface area contributed by atoms with Crippen LogP contribution in [0, 0.1) is 5.92 Å². The van der Waals surface area contributed by atoms with E-state index in [0.717, 1.165) is 32.4 Å². The zero-order chi connectivity index (χ0) is 26.4. The maximum atomic E-state index is 14.0. The van der Waals surface area contributed by atoms with Crippen molar-refractivity contribution in [1.29, 1.82) is 0 Å². The summed E-state index contributed by atoms with van der Waals surface area (Å²) in [4.78, 5) is 32.5. The number of fused-ring (bicyclic) bond motifs is 1. The number of benzene rings is 2. The van der Waals surface area contributed by atoms with E-state index in [1.165, 1.54) is 12.8 Å². The smallest absolute Gasteiger partial charge is 0.254 e. The third-order valence-corrected chi connectivity index (χ3v) is 8.29. The molecule has 2 amide bonds. The largest absolute Gasteiger partial charge is 0.497 e. The molecule has 2 aliphatic heterocycles. The molecule has 200 valence electrons. The molecule has 2 fully saturated rings. The highest BCUT2D eigenvalue weighted by molar-refractivity contribution is 6.03. The summed E-state index contributed by atoms with van der Waals surface area (Å²) in [5.41, 5.74) is 0.138. The van der Waals surface area contributed by atoms with Crippen LogP contribution in [-0.2, 0) is 4.79 Å². The molecule has 2 aromatic rings. The summed E-state index contributed by atoms with van der Waals surface area (Å²) in [7, 11) is 3.16. The van der Waals surface area contributed by atoms with Gasteiger partial charge in [-0.25, -0.2) is 0 Å². The van der Waals surface area contributed by atoms with Gasteiger partial charge in [-0.15, -0.1) is 0 Å². The average molecular weight is 508 g/mol. The molecule has 1 N–H and O–H groups in total. The van der Waals surface area contributed by atoms with Gasteiger partial charge in [0.05, 0.1) is 14.2 Å². The Labute approximate surface area is 221 Å². The minimum atomic E-state index is -1.04. The zero-order valence-electron chi connectivity index (χ0n) is 22.7. The van der Waals surface area contributed by atoms with Crippen LogP contribution in [0.2, 0.25) is 0 Å². The number of carbonyl (C=O) groups excluding carboxylic acids is 2. The number of amides is 2. The van der Waals surface area contributed by atoms with Crippen LogP contribution >= 0.6 is 0 Å². The van der Waals surface area contributed by atoms with Crippen molar-refractivity contribution < 1.29 is 19.1 Å². The van der Waals surface area contributed by atoms with Gasteiger partial charge in [-0.2, -0.15) is 0 Å². The summed E-state index contributed by atoms with van der Waals surface area (Å²) >= 11 is 0. The van der Waals surface area contributed by atoms with E-state index in [4.69, 9.17) is 9.47 Å². The first kappa shape index (κ1) is 27.0. The summed E-state index contributed by atoms with van der Waals surface area (Å²) < 4.78 is 10.8. The van der Waals surface area contributed by atoms with Gasteiger partial charge in [0.1, 0.15) is 17.0 Å². The van der Waals surface area contributed by atoms with Gasteiger partial charge in [0.15, 0.2) is 0 Å². The number of nitrogens with zero attached hydrogens (tertiary/aromatic N) is 2. The Morgan fingerprint density at radius 2 is 1.68 bits per heavy atom. The molecule has 3 atom stereocenters. The highest BCUT2D eigenvalue weighted by Gasteiger charge is 2.44. The first-order chi connectivity index (χ1) is 17.9. The van der Waals surface area contributed by atoms with Crippen molar-refractivity contribution in [2.75, 3.05) is 39.2 Å². The molecule has 0 saturated carbocycles. The quantitative estimate of drug-likeness (QED) is 0.504. The number of methoxy groups -OCH3 is 2. The highest BCUT2D eigenvalue weighted by Crippen LogP contribution is 2.35. The lowest BCUT2D eigenvalue weighted by Crippen LogP contribution is -2.60. The summed E-state index contributed by atoms with van der Waals surface area (Å²) in [5, 5.41) is 3.06. The van der Waals surface area contributed by atoms with Gasteiger partial charge in [0.2, 0.25) is 5.91 Å². The number of rotatable bonds is 9. The fourth-order valence-corrected chi connectivity index (χ4v) is 5.89. The molecule has 2 heterocycles. The lowest BCUT2D eigenvalue weighted by molar-refractivity contribution is -0.126. The Balaban J connectivity index is 1.66. The van der Waals surface area contributed by atoms with E-state index in [9.17, 15) is 9.59 Å². The molecule has 0 aromatic heterocycles. The number of carbonyl (C=O) groups is 2. The standard InChI is InChI=1S/C30H41N3O4/c1-5-30(2,29(35)31-24-18-25(36-3)20-26(19-24)37-4)33(28(34)22-12-7-6-8-13-22)21-23-14-11-17-32-16-10-9-15-27(23)32/h6-8,12-13,18-20,23,27H,5,9-11,14-17,21H2,1-4H3,(H,31,35)/t23-,27+,30+/m0/s1. The molecule has 2 saturated heterocycles. The number of hydrogen-bond donors (Lipinski definition) is 1. The number of piperidine rings is 2. The SMILES string of the molecule is CC[C@](C)(C(=O)Nc1cc(OC)cc(OC)c1)N(C[C@@H]1CCCN2CCCC[C@H]12)C(=O)c1ccccc1. The van der Waals surface area contributed by atoms with Gasteiger partial charge in [0, 0.05) is 42.0 Å². The Hall–Kier alpha value is -3.06. The molecule has 0 spiro atoms. The first-order valence-corrected chi connectivity index (χ1v) is 13.5. The first-order valence-electron chi connectivity index (χ1n) is 13.5. The van der Waals surface area contributed by atoms with E-state index in [2.05, 4.69) is 10.2 Å². The molecule has 2 aliphatic rings. The predicted molar refractivity (Wildman–Crippen MR) is 146 cm³/mol. The molecule has 4 rings (SSSR count). The van der Waals surface area contributed by atoms with Crippen LogP contribution in [0.5, 0.6) is 11.5 Å². The van der Waals surface area contributed by atoms with Gasteiger partial charge < -0.3 is 24.6 Å². The van der Waals surface area contributed by atoms with Crippen LogP contribution in [0.4, 0.5) is 5.69 Å². The molecule has 7 nitrogen and oxygen atoms in total. The predicted octanol–water partition coefficient (Wildman–Crippen LogP) is 5.22. The fourth-order valence-electron chi connectivity index (χ4n) is 5.89. The molecule has 0 radical (unpaired) electrons. The van der Waals surface area contributed by atoms with E-state index < -0.39 is 5.54 Å². The van der Waals surface area contributed by atoms with Crippen LogP contribution in [-0.4, -0.2) is 67.0 Å². The molecule has 7 heteroatoms. The van der Waals surface area contributed by atoms with Crippen molar-refractivity contribution in [2.24, 2.45) is 5.92 Å². The Morgan fingerprint density at radius 1 is 1.00 bits per heavy atom. The topological polar surface area (TPSA) is 71.1 Å². The number of hydrogen-bond acceptors (Lipinski definition) is 5. The number of anilines is 1. The lowest BCUT2D eigenvalue weighted by atomic mass is 9.81. The molecule has 0 aliphatic carbocycles. The van der Waals surface area contributed by atoms with E-state index in [-0.39, 0.29) is 11.8 Å². The second-order valence-electron chi connectivity index (χ2n) is 10.5. The van der Waals surface area contributed by atoms with Crippen molar-refractivity contribution in [2.45, 2.75) is 64.0 Å². The Morgan fingerprint density at radius 3 is 2.32 bits per heavy atom. The summed E-state index contributed by atoms with van der Waals surface area (Å²) in [5.74, 6) is 1.20. The maximum Gasteiger partial charge on any atom is 0.254 e. The number of ether oxygens (including phenoxy) is 2. The molecular weight excluding hydrogens is 466 g/mol. The van der Waals surface area contributed by atoms with Gasteiger partial charge in [0.25, 0.3) is 5.91 Å². The Kier molecular flexibility index (Phi) is 8.75. The molecule has 0 unspecified atom stereocenters. The normalized spacial score (nSPS) is 21.3. The monoisotopic (exact) mass is 507 g/mol. The van der Waals surface area contributed by atoms with Crippen LogP contribution in [0.15, 0.2) is 48.5 Å². The second-order valence-corrected chi connectivity index (χ2v) is 10.5. The van der Waals surface area contributed by atoms with Crippen molar-refractivity contribution in [3.05, 3.63) is 54.1 Å². The third-order valence-electron chi connectivity index (χ3n) is 8.29.